The van der Waals surface area contributed by atoms with Gasteiger partial charge in [0, 0.05) is 19.3 Å². The van der Waals surface area contributed by atoms with E-state index in [1.165, 1.54) is 19.2 Å². The summed E-state index contributed by atoms with van der Waals surface area (Å²) in [5.41, 5.74) is 1.59. The van der Waals surface area contributed by atoms with Gasteiger partial charge in [-0.15, -0.1) is 0 Å². The van der Waals surface area contributed by atoms with E-state index in [9.17, 15) is 14.7 Å². The summed E-state index contributed by atoms with van der Waals surface area (Å²) in [6.07, 6.45) is 7.49. The smallest absolute Gasteiger partial charge is 0.335 e. The molecule has 9 heteroatoms. The molecule has 0 radical (unpaired) electrons. The van der Waals surface area contributed by atoms with Crippen molar-refractivity contribution in [3.63, 3.8) is 0 Å². The molecule has 2 aromatic rings. The molecule has 1 aromatic carbocycles. The highest BCUT2D eigenvalue weighted by atomic mass is 16.5. The van der Waals surface area contributed by atoms with Gasteiger partial charge in [0.1, 0.15) is 11.4 Å². The van der Waals surface area contributed by atoms with E-state index in [0.29, 0.717) is 35.4 Å². The standard InChI is InChI=1S/C22H23N5O4/c1-22(2)12-27(14-6-5-7-14)18-16(26(3)20(22)30)11-23-21(25-18)24-15-9-8-13(19(28)29)10-17(15)31-4/h5-11H,12H2,1-4H3,(H,28,29)(H,23,24,25). The van der Waals surface area contributed by atoms with Crippen molar-refractivity contribution in [3.8, 4) is 5.75 Å². The Labute approximate surface area is 179 Å². The molecule has 0 saturated carbocycles. The number of carboxylic acid groups (broad SMARTS) is 1. The first-order valence-electron chi connectivity index (χ1n) is 9.71. The second-order valence-corrected chi connectivity index (χ2v) is 8.03. The quantitative estimate of drug-likeness (QED) is 0.758. The summed E-state index contributed by atoms with van der Waals surface area (Å²) >= 11 is 0. The maximum Gasteiger partial charge on any atom is 0.335 e. The first kappa shape index (κ1) is 20.4. The van der Waals surface area contributed by atoms with Crippen molar-refractivity contribution in [3.05, 3.63) is 53.9 Å². The third kappa shape index (κ3) is 3.58. The summed E-state index contributed by atoms with van der Waals surface area (Å²) in [6.45, 7) is 4.29. The van der Waals surface area contributed by atoms with Gasteiger partial charge in [0.2, 0.25) is 11.9 Å². The predicted octanol–water partition coefficient (Wildman–Crippen LogP) is 3.19. The molecule has 2 heterocycles. The molecule has 9 nitrogen and oxygen atoms in total. The molecule has 160 valence electrons. The molecule has 1 aliphatic heterocycles. The molecule has 31 heavy (non-hydrogen) atoms. The number of anilines is 4. The largest absolute Gasteiger partial charge is 0.495 e. The van der Waals surface area contributed by atoms with E-state index in [2.05, 4.69) is 10.3 Å². The van der Waals surface area contributed by atoms with Crippen LogP contribution >= 0.6 is 0 Å². The number of amides is 1. The highest BCUT2D eigenvalue weighted by Gasteiger charge is 2.40. The molecule has 0 bridgehead atoms. The minimum Gasteiger partial charge on any atom is -0.495 e. The van der Waals surface area contributed by atoms with Crippen molar-refractivity contribution in [1.29, 1.82) is 0 Å². The van der Waals surface area contributed by atoms with Gasteiger partial charge < -0.3 is 25.0 Å². The maximum atomic E-state index is 13.0. The van der Waals surface area contributed by atoms with E-state index in [0.717, 1.165) is 5.70 Å². The summed E-state index contributed by atoms with van der Waals surface area (Å²) < 4.78 is 5.32. The van der Waals surface area contributed by atoms with Crippen LogP contribution in [0.25, 0.3) is 0 Å². The average molecular weight is 421 g/mol. The highest BCUT2D eigenvalue weighted by molar-refractivity contribution is 6.01. The van der Waals surface area contributed by atoms with Crippen LogP contribution in [0, 0.1) is 5.41 Å². The number of allylic oxidation sites excluding steroid dienone is 3. The Kier molecular flexibility index (Phi) is 4.88. The Balaban J connectivity index is 1.75. The molecular weight excluding hydrogens is 398 g/mol. The molecular formula is C22H23N5O4. The SMILES string of the molecule is COc1cc(C(=O)O)ccc1Nc1ncc2c(n1)N(C1=CC=C1)CC(C)(C)C(=O)N2C. The number of benzene rings is 1. The molecule has 0 spiro atoms. The number of fused-ring (bicyclic) bond motifs is 1. The number of aromatic carboxylic acids is 1. The first-order chi connectivity index (χ1) is 14.7. The second kappa shape index (κ2) is 7.42. The van der Waals surface area contributed by atoms with Crippen molar-refractivity contribution in [2.24, 2.45) is 5.41 Å². The van der Waals surface area contributed by atoms with Crippen LogP contribution in [0.1, 0.15) is 24.2 Å². The minimum absolute atomic E-state index is 0.0182. The number of nitrogens with one attached hydrogen (secondary N) is 1. The summed E-state index contributed by atoms with van der Waals surface area (Å²) in [7, 11) is 3.19. The van der Waals surface area contributed by atoms with Gasteiger partial charge in [-0.1, -0.05) is 6.08 Å². The van der Waals surface area contributed by atoms with Crippen LogP contribution in [0.15, 0.2) is 48.3 Å². The lowest BCUT2D eigenvalue weighted by Gasteiger charge is -2.31. The van der Waals surface area contributed by atoms with E-state index >= 15 is 0 Å². The van der Waals surface area contributed by atoms with Gasteiger partial charge in [-0.3, -0.25) is 4.79 Å². The van der Waals surface area contributed by atoms with Crippen LogP contribution in [0.4, 0.5) is 23.1 Å². The van der Waals surface area contributed by atoms with E-state index in [-0.39, 0.29) is 11.5 Å². The number of carbonyl (C=O) groups excluding carboxylic acids is 1. The third-order valence-corrected chi connectivity index (χ3v) is 5.34. The lowest BCUT2D eigenvalue weighted by molar-refractivity contribution is -0.125. The monoisotopic (exact) mass is 421 g/mol. The van der Waals surface area contributed by atoms with Crippen LogP contribution in [0.2, 0.25) is 0 Å². The Morgan fingerprint density at radius 3 is 2.68 bits per heavy atom. The number of carbonyl (C=O) groups is 2. The zero-order chi connectivity index (χ0) is 22.3. The lowest BCUT2D eigenvalue weighted by Crippen LogP contribution is -2.42. The van der Waals surface area contributed by atoms with E-state index < -0.39 is 11.4 Å². The molecule has 0 atom stereocenters. The van der Waals surface area contributed by atoms with Gasteiger partial charge in [-0.2, -0.15) is 4.98 Å². The van der Waals surface area contributed by atoms with Gasteiger partial charge >= 0.3 is 5.97 Å². The molecule has 2 N–H and O–H groups in total. The fraction of sp³-hybridized carbons (Fsp3) is 0.273. The highest BCUT2D eigenvalue weighted by Crippen LogP contribution is 2.39. The van der Waals surface area contributed by atoms with Crippen molar-refractivity contribution < 1.29 is 19.4 Å². The number of hydrogen-bond donors (Lipinski definition) is 2. The zero-order valence-electron chi connectivity index (χ0n) is 17.7. The van der Waals surface area contributed by atoms with Crippen LogP contribution in [0.3, 0.4) is 0 Å². The zero-order valence-corrected chi connectivity index (χ0v) is 17.7. The van der Waals surface area contributed by atoms with Crippen LogP contribution in [0.5, 0.6) is 5.75 Å². The van der Waals surface area contributed by atoms with Gasteiger partial charge in [-0.25, -0.2) is 9.78 Å². The number of hydrogen-bond acceptors (Lipinski definition) is 7. The maximum absolute atomic E-state index is 13.0. The number of nitrogens with zero attached hydrogens (tertiary/aromatic N) is 4. The van der Waals surface area contributed by atoms with Crippen LogP contribution in [-0.4, -0.2) is 47.7 Å². The van der Waals surface area contributed by atoms with E-state index in [1.807, 2.05) is 37.0 Å². The van der Waals surface area contributed by atoms with Gasteiger partial charge in [0.15, 0.2) is 5.82 Å². The average Bonchev–Trinajstić information content (AvgIpc) is 2.76. The number of carboxylic acids is 1. The van der Waals surface area contributed by atoms with E-state index in [4.69, 9.17) is 9.72 Å². The number of rotatable bonds is 5. The molecule has 1 aliphatic carbocycles. The Bertz CT molecular complexity index is 1140. The van der Waals surface area contributed by atoms with Crippen molar-refractivity contribution in [2.75, 3.05) is 35.8 Å². The van der Waals surface area contributed by atoms with Gasteiger partial charge in [0.25, 0.3) is 0 Å². The van der Waals surface area contributed by atoms with Crippen molar-refractivity contribution in [2.45, 2.75) is 13.8 Å². The molecule has 2 aliphatic rings. The normalized spacial score (nSPS) is 16.8. The molecule has 0 unspecified atom stereocenters. The Hall–Kier alpha value is -3.88. The predicted molar refractivity (Wildman–Crippen MR) is 117 cm³/mol. The fourth-order valence-electron chi connectivity index (χ4n) is 3.59. The molecule has 0 fully saturated rings. The molecule has 1 amide bonds. The van der Waals surface area contributed by atoms with Crippen molar-refractivity contribution in [1.82, 2.24) is 9.97 Å². The Morgan fingerprint density at radius 2 is 2.06 bits per heavy atom. The second-order valence-electron chi connectivity index (χ2n) is 8.03. The summed E-state index contributed by atoms with van der Waals surface area (Å²) in [5, 5.41) is 12.3. The third-order valence-electron chi connectivity index (χ3n) is 5.34. The van der Waals surface area contributed by atoms with Gasteiger partial charge in [0.05, 0.1) is 30.0 Å². The number of aromatic nitrogens is 2. The van der Waals surface area contributed by atoms with Gasteiger partial charge in [-0.05, 0) is 44.2 Å². The fourth-order valence-corrected chi connectivity index (χ4v) is 3.59. The van der Waals surface area contributed by atoms with E-state index in [1.54, 1.807) is 24.2 Å². The summed E-state index contributed by atoms with van der Waals surface area (Å²) in [4.78, 5) is 36.9. The molecule has 1 aromatic heterocycles. The van der Waals surface area contributed by atoms with Crippen LogP contribution < -0.4 is 19.9 Å². The van der Waals surface area contributed by atoms with Crippen molar-refractivity contribution >= 4 is 35.0 Å². The topological polar surface area (TPSA) is 108 Å². The Morgan fingerprint density at radius 1 is 1.32 bits per heavy atom. The molecule has 0 saturated heterocycles. The first-order valence-corrected chi connectivity index (χ1v) is 9.71. The van der Waals surface area contributed by atoms with Crippen LogP contribution in [-0.2, 0) is 4.79 Å². The number of methoxy groups -OCH3 is 1. The molecule has 4 rings (SSSR count). The summed E-state index contributed by atoms with van der Waals surface area (Å²) in [6, 6.07) is 4.51. The number of ether oxygens (including phenoxy) is 1. The minimum atomic E-state index is -1.04. The lowest BCUT2D eigenvalue weighted by atomic mass is 9.91. The summed E-state index contributed by atoms with van der Waals surface area (Å²) in [5.74, 6) is 0.202.